The number of fused-ring (bicyclic) bond motifs is 1. The molecule has 0 saturated carbocycles. The summed E-state index contributed by atoms with van der Waals surface area (Å²) < 4.78 is 0. The van der Waals surface area contributed by atoms with E-state index in [1.54, 1.807) is 0 Å². The number of nitriles is 1. The quantitative estimate of drug-likeness (QED) is 0.918. The molecule has 3 nitrogen and oxygen atoms in total. The predicted molar refractivity (Wildman–Crippen MR) is 87.2 cm³/mol. The van der Waals surface area contributed by atoms with Crippen molar-refractivity contribution in [2.75, 3.05) is 18.0 Å². The van der Waals surface area contributed by atoms with Crippen LogP contribution >= 0.6 is 0 Å². The summed E-state index contributed by atoms with van der Waals surface area (Å²) in [4.78, 5) is 2.43. The summed E-state index contributed by atoms with van der Waals surface area (Å²) in [5.74, 6) is 0.549. The Morgan fingerprint density at radius 1 is 1.24 bits per heavy atom. The fraction of sp³-hybridized carbons (Fsp3) is 0.389. The molecule has 1 aliphatic rings. The molecule has 2 unspecified atom stereocenters. The zero-order valence-electron chi connectivity index (χ0n) is 12.4. The van der Waals surface area contributed by atoms with Crippen molar-refractivity contribution in [2.45, 2.75) is 25.8 Å². The van der Waals surface area contributed by atoms with E-state index in [0.29, 0.717) is 5.92 Å². The van der Waals surface area contributed by atoms with Crippen molar-refractivity contribution >= 4 is 16.5 Å². The lowest BCUT2D eigenvalue weighted by atomic mass is 9.91. The Kier molecular flexibility index (Phi) is 3.81. The molecule has 3 rings (SSSR count). The van der Waals surface area contributed by atoms with Crippen LogP contribution in [0.4, 0.5) is 5.69 Å². The Labute approximate surface area is 126 Å². The van der Waals surface area contributed by atoms with E-state index >= 15 is 0 Å². The first kappa shape index (κ1) is 13.9. The third-order valence-electron chi connectivity index (χ3n) is 4.56. The zero-order chi connectivity index (χ0) is 14.8. The topological polar surface area (TPSA) is 53.0 Å². The van der Waals surface area contributed by atoms with Crippen LogP contribution in [0.25, 0.3) is 10.8 Å². The summed E-state index contributed by atoms with van der Waals surface area (Å²) in [6, 6.07) is 14.7. The number of piperidine rings is 1. The highest BCUT2D eigenvalue weighted by Gasteiger charge is 2.24. The van der Waals surface area contributed by atoms with Crippen LogP contribution in [0.1, 0.15) is 25.3 Å². The monoisotopic (exact) mass is 279 g/mol. The number of benzene rings is 2. The molecule has 0 bridgehead atoms. The molecule has 0 aliphatic carbocycles. The van der Waals surface area contributed by atoms with Crippen LogP contribution in [-0.2, 0) is 0 Å². The third-order valence-corrected chi connectivity index (χ3v) is 4.56. The zero-order valence-corrected chi connectivity index (χ0v) is 12.4. The van der Waals surface area contributed by atoms with Gasteiger partial charge in [0.2, 0.25) is 0 Å². The number of nitrogens with zero attached hydrogens (tertiary/aromatic N) is 2. The highest BCUT2D eigenvalue weighted by atomic mass is 15.1. The number of hydrogen-bond donors (Lipinski definition) is 1. The van der Waals surface area contributed by atoms with Gasteiger partial charge in [0, 0.05) is 35.6 Å². The Morgan fingerprint density at radius 2 is 2.00 bits per heavy atom. The van der Waals surface area contributed by atoms with Gasteiger partial charge in [-0.15, -0.1) is 0 Å². The Bertz CT molecular complexity index is 684. The fourth-order valence-electron chi connectivity index (χ4n) is 3.31. The molecule has 2 N–H and O–H groups in total. The van der Waals surface area contributed by atoms with Crippen molar-refractivity contribution in [1.82, 2.24) is 0 Å². The van der Waals surface area contributed by atoms with Crippen LogP contribution in [-0.4, -0.2) is 19.1 Å². The van der Waals surface area contributed by atoms with E-state index in [1.807, 2.05) is 24.3 Å². The lowest BCUT2D eigenvalue weighted by Gasteiger charge is -2.36. The summed E-state index contributed by atoms with van der Waals surface area (Å²) in [6.45, 7) is 4.18. The summed E-state index contributed by atoms with van der Waals surface area (Å²) in [6.07, 6.45) is 2.39. The number of hydrogen-bond acceptors (Lipinski definition) is 3. The van der Waals surface area contributed by atoms with Gasteiger partial charge in [-0.25, -0.2) is 0 Å². The van der Waals surface area contributed by atoms with Crippen LogP contribution in [0.3, 0.4) is 0 Å². The fourth-order valence-corrected chi connectivity index (χ4v) is 3.31. The molecule has 2 aromatic rings. The summed E-state index contributed by atoms with van der Waals surface area (Å²) in [5, 5.41) is 11.5. The van der Waals surface area contributed by atoms with Crippen LogP contribution in [0, 0.1) is 17.2 Å². The van der Waals surface area contributed by atoms with Crippen molar-refractivity contribution in [3.8, 4) is 6.07 Å². The van der Waals surface area contributed by atoms with E-state index in [9.17, 15) is 5.26 Å². The molecular weight excluding hydrogens is 258 g/mol. The maximum absolute atomic E-state index is 9.27. The second-order valence-electron chi connectivity index (χ2n) is 6.00. The third kappa shape index (κ3) is 2.59. The van der Waals surface area contributed by atoms with Gasteiger partial charge in [0.15, 0.2) is 0 Å². The van der Waals surface area contributed by atoms with E-state index in [0.717, 1.165) is 24.0 Å². The molecule has 21 heavy (non-hydrogen) atoms. The van der Waals surface area contributed by atoms with Gasteiger partial charge < -0.3 is 10.6 Å². The first-order valence-corrected chi connectivity index (χ1v) is 7.63. The number of rotatable bonds is 2. The molecule has 3 heteroatoms. The van der Waals surface area contributed by atoms with Gasteiger partial charge in [0.25, 0.3) is 0 Å². The van der Waals surface area contributed by atoms with Gasteiger partial charge in [-0.3, -0.25) is 0 Å². The predicted octanol–water partition coefficient (Wildman–Crippen LogP) is 3.28. The minimum absolute atomic E-state index is 0.234. The smallest absolute Gasteiger partial charge is 0.0998 e. The summed E-state index contributed by atoms with van der Waals surface area (Å²) in [7, 11) is 0. The molecule has 1 aliphatic heterocycles. The first-order chi connectivity index (χ1) is 10.2. The molecule has 2 atom stereocenters. The molecule has 0 amide bonds. The average molecular weight is 279 g/mol. The second-order valence-corrected chi connectivity index (χ2v) is 6.00. The normalized spacial score (nSPS) is 20.2. The molecule has 0 aromatic heterocycles. The van der Waals surface area contributed by atoms with Gasteiger partial charge in [-0.1, -0.05) is 24.3 Å². The maximum atomic E-state index is 9.27. The van der Waals surface area contributed by atoms with Crippen molar-refractivity contribution in [3.63, 3.8) is 0 Å². The van der Waals surface area contributed by atoms with Gasteiger partial charge >= 0.3 is 0 Å². The average Bonchev–Trinajstić information content (AvgIpc) is 2.54. The molecule has 1 saturated heterocycles. The lowest BCUT2D eigenvalue weighted by Crippen LogP contribution is -2.42. The van der Waals surface area contributed by atoms with E-state index in [-0.39, 0.29) is 6.04 Å². The van der Waals surface area contributed by atoms with E-state index in [1.165, 1.54) is 23.9 Å². The second kappa shape index (κ2) is 5.75. The largest absolute Gasteiger partial charge is 0.371 e. The van der Waals surface area contributed by atoms with Crippen LogP contribution in [0.5, 0.6) is 0 Å². The minimum Gasteiger partial charge on any atom is -0.371 e. The highest BCUT2D eigenvalue weighted by molar-refractivity contribution is 5.97. The standard InChI is InChI=1S/C18H21N3/c1-13(20)15-5-4-10-21(12-15)18-9-8-14(11-19)16-6-2-3-7-17(16)18/h2-3,6-9,13,15H,4-5,10,12,20H2,1H3. The molecule has 0 radical (unpaired) electrons. The number of nitrogens with two attached hydrogens (primary N) is 1. The molecule has 0 spiro atoms. The van der Waals surface area contributed by atoms with Crippen molar-refractivity contribution < 1.29 is 0 Å². The minimum atomic E-state index is 0.234. The van der Waals surface area contributed by atoms with Gasteiger partial charge in [0.05, 0.1) is 11.6 Å². The van der Waals surface area contributed by atoms with E-state index in [4.69, 9.17) is 5.73 Å². The summed E-state index contributed by atoms with van der Waals surface area (Å²) >= 11 is 0. The Morgan fingerprint density at radius 3 is 2.71 bits per heavy atom. The number of anilines is 1. The van der Waals surface area contributed by atoms with Gasteiger partial charge in [-0.05, 0) is 37.8 Å². The van der Waals surface area contributed by atoms with E-state index < -0.39 is 0 Å². The van der Waals surface area contributed by atoms with Crippen LogP contribution in [0.2, 0.25) is 0 Å². The van der Waals surface area contributed by atoms with Gasteiger partial charge in [-0.2, -0.15) is 5.26 Å². The van der Waals surface area contributed by atoms with Gasteiger partial charge in [0.1, 0.15) is 0 Å². The highest BCUT2D eigenvalue weighted by Crippen LogP contribution is 2.32. The molecule has 108 valence electrons. The maximum Gasteiger partial charge on any atom is 0.0998 e. The van der Waals surface area contributed by atoms with Crippen LogP contribution < -0.4 is 10.6 Å². The first-order valence-electron chi connectivity index (χ1n) is 7.63. The molecule has 1 fully saturated rings. The van der Waals surface area contributed by atoms with Crippen molar-refractivity contribution in [2.24, 2.45) is 11.7 Å². The molecular formula is C18H21N3. The Hall–Kier alpha value is -2.05. The molecule has 1 heterocycles. The van der Waals surface area contributed by atoms with Crippen molar-refractivity contribution in [1.29, 1.82) is 5.26 Å². The van der Waals surface area contributed by atoms with Crippen molar-refractivity contribution in [3.05, 3.63) is 42.0 Å². The lowest BCUT2D eigenvalue weighted by molar-refractivity contribution is 0.365. The summed E-state index contributed by atoms with van der Waals surface area (Å²) in [5.41, 5.74) is 8.07. The Balaban J connectivity index is 2.03. The molecule has 2 aromatic carbocycles. The van der Waals surface area contributed by atoms with Crippen LogP contribution in [0.15, 0.2) is 36.4 Å². The van der Waals surface area contributed by atoms with E-state index in [2.05, 4.69) is 30.0 Å². The SMILES string of the molecule is CC(N)C1CCCN(c2ccc(C#N)c3ccccc23)C1.